The molecule has 0 radical (unpaired) electrons. The fourth-order valence-electron chi connectivity index (χ4n) is 1.97. The summed E-state index contributed by atoms with van der Waals surface area (Å²) in [5.41, 5.74) is 2.56. The molecule has 1 N–H and O–H groups in total. The molecule has 0 bridgehead atoms. The first-order valence-corrected chi connectivity index (χ1v) is 7.73. The highest BCUT2D eigenvalue weighted by molar-refractivity contribution is 6.30. The van der Waals surface area contributed by atoms with Gasteiger partial charge in [0.25, 0.3) is 5.91 Å². The highest BCUT2D eigenvalue weighted by Crippen LogP contribution is 2.11. The summed E-state index contributed by atoms with van der Waals surface area (Å²) in [6.07, 6.45) is 0.978. The summed E-state index contributed by atoms with van der Waals surface area (Å²) in [6.45, 7) is 2.17. The highest BCUT2D eigenvalue weighted by Gasteiger charge is 2.10. The molecule has 4 nitrogen and oxygen atoms in total. The Morgan fingerprint density at radius 3 is 2.43 bits per heavy atom. The van der Waals surface area contributed by atoms with Gasteiger partial charge in [0.1, 0.15) is 0 Å². The SMILES string of the molecule is CCc1ccc(CNC(=O)COC(=O)c2cccc(Cl)c2)cc1. The molecule has 0 unspecified atom stereocenters. The molecule has 0 aromatic heterocycles. The zero-order chi connectivity index (χ0) is 16.7. The van der Waals surface area contributed by atoms with Crippen LogP contribution < -0.4 is 5.32 Å². The van der Waals surface area contributed by atoms with Crippen LogP contribution in [0.4, 0.5) is 0 Å². The number of nitrogens with one attached hydrogen (secondary N) is 1. The number of hydrogen-bond donors (Lipinski definition) is 1. The fraction of sp³-hybridized carbons (Fsp3) is 0.222. The Morgan fingerprint density at radius 2 is 1.78 bits per heavy atom. The van der Waals surface area contributed by atoms with Crippen LogP contribution in [0.2, 0.25) is 5.02 Å². The van der Waals surface area contributed by atoms with Gasteiger partial charge in [-0.15, -0.1) is 0 Å². The molecule has 0 aliphatic rings. The summed E-state index contributed by atoms with van der Waals surface area (Å²) in [4.78, 5) is 23.5. The zero-order valence-corrected chi connectivity index (χ0v) is 13.6. The molecule has 0 saturated carbocycles. The number of rotatable bonds is 6. The second kappa shape index (κ2) is 8.34. The van der Waals surface area contributed by atoms with Gasteiger partial charge in [-0.1, -0.05) is 48.9 Å². The van der Waals surface area contributed by atoms with E-state index >= 15 is 0 Å². The first-order chi connectivity index (χ1) is 11.1. The minimum atomic E-state index is -0.574. The average molecular weight is 332 g/mol. The standard InChI is InChI=1S/C18H18ClNO3/c1-2-13-6-8-14(9-7-13)11-20-17(21)12-23-18(22)15-4-3-5-16(19)10-15/h3-10H,2,11-12H2,1H3,(H,20,21). The molecule has 2 aromatic carbocycles. The van der Waals surface area contributed by atoms with Gasteiger partial charge in [-0.05, 0) is 35.7 Å². The predicted molar refractivity (Wildman–Crippen MR) is 89.4 cm³/mol. The van der Waals surface area contributed by atoms with Crippen LogP contribution in [0.1, 0.15) is 28.4 Å². The van der Waals surface area contributed by atoms with Gasteiger partial charge >= 0.3 is 5.97 Å². The molecular formula is C18H18ClNO3. The van der Waals surface area contributed by atoms with Crippen molar-refractivity contribution in [2.75, 3.05) is 6.61 Å². The van der Waals surface area contributed by atoms with E-state index < -0.39 is 5.97 Å². The van der Waals surface area contributed by atoms with Crippen molar-refractivity contribution in [3.05, 3.63) is 70.2 Å². The molecule has 0 heterocycles. The van der Waals surface area contributed by atoms with Crippen LogP contribution in [0, 0.1) is 0 Å². The van der Waals surface area contributed by atoms with E-state index in [-0.39, 0.29) is 12.5 Å². The summed E-state index contributed by atoms with van der Waals surface area (Å²) in [7, 11) is 0. The van der Waals surface area contributed by atoms with Crippen LogP contribution >= 0.6 is 11.6 Å². The van der Waals surface area contributed by atoms with Gasteiger partial charge < -0.3 is 10.1 Å². The van der Waals surface area contributed by atoms with Crippen molar-refractivity contribution in [3.8, 4) is 0 Å². The lowest BCUT2D eigenvalue weighted by atomic mass is 10.1. The van der Waals surface area contributed by atoms with Gasteiger partial charge in [0.2, 0.25) is 0 Å². The maximum atomic E-state index is 11.8. The minimum Gasteiger partial charge on any atom is -0.452 e. The third-order valence-electron chi connectivity index (χ3n) is 3.32. The summed E-state index contributed by atoms with van der Waals surface area (Å²) >= 11 is 5.80. The van der Waals surface area contributed by atoms with E-state index in [1.165, 1.54) is 11.6 Å². The molecule has 23 heavy (non-hydrogen) atoms. The van der Waals surface area contributed by atoms with Gasteiger partial charge in [0.15, 0.2) is 6.61 Å². The summed E-state index contributed by atoms with van der Waals surface area (Å²) in [6, 6.07) is 14.4. The second-order valence-electron chi connectivity index (χ2n) is 5.03. The smallest absolute Gasteiger partial charge is 0.338 e. The van der Waals surface area contributed by atoms with Crippen LogP contribution in [0.25, 0.3) is 0 Å². The number of benzene rings is 2. The van der Waals surface area contributed by atoms with Gasteiger partial charge in [0, 0.05) is 11.6 Å². The Kier molecular flexibility index (Phi) is 6.18. The number of ether oxygens (including phenoxy) is 1. The summed E-state index contributed by atoms with van der Waals surface area (Å²) in [5.74, 6) is -0.921. The molecule has 2 rings (SSSR count). The molecule has 0 aliphatic carbocycles. The molecule has 1 amide bonds. The van der Waals surface area contributed by atoms with Crippen molar-refractivity contribution in [2.45, 2.75) is 19.9 Å². The lowest BCUT2D eigenvalue weighted by Crippen LogP contribution is -2.28. The minimum absolute atomic E-state index is 0.320. The van der Waals surface area contributed by atoms with Crippen LogP contribution in [-0.2, 0) is 22.5 Å². The predicted octanol–water partition coefficient (Wildman–Crippen LogP) is 3.38. The molecule has 0 saturated heterocycles. The zero-order valence-electron chi connectivity index (χ0n) is 12.8. The Labute approximate surface area is 140 Å². The van der Waals surface area contributed by atoms with Crippen LogP contribution in [0.3, 0.4) is 0 Å². The Bertz CT molecular complexity index is 683. The molecule has 0 spiro atoms. The Balaban J connectivity index is 1.77. The fourth-order valence-corrected chi connectivity index (χ4v) is 2.16. The molecule has 2 aromatic rings. The summed E-state index contributed by atoms with van der Waals surface area (Å²) < 4.78 is 4.96. The van der Waals surface area contributed by atoms with Gasteiger partial charge in [0.05, 0.1) is 5.56 Å². The number of hydrogen-bond acceptors (Lipinski definition) is 3. The lowest BCUT2D eigenvalue weighted by molar-refractivity contribution is -0.124. The topological polar surface area (TPSA) is 55.4 Å². The van der Waals surface area contributed by atoms with E-state index in [2.05, 4.69) is 12.2 Å². The van der Waals surface area contributed by atoms with E-state index in [9.17, 15) is 9.59 Å². The van der Waals surface area contributed by atoms with E-state index in [1.54, 1.807) is 18.2 Å². The third-order valence-corrected chi connectivity index (χ3v) is 3.55. The third kappa shape index (κ3) is 5.42. The Hall–Kier alpha value is -2.33. The van der Waals surface area contributed by atoms with Gasteiger partial charge in [-0.2, -0.15) is 0 Å². The largest absolute Gasteiger partial charge is 0.452 e. The van der Waals surface area contributed by atoms with Gasteiger partial charge in [-0.25, -0.2) is 4.79 Å². The van der Waals surface area contributed by atoms with Crippen molar-refractivity contribution >= 4 is 23.5 Å². The Morgan fingerprint density at radius 1 is 1.09 bits per heavy atom. The quantitative estimate of drug-likeness (QED) is 0.826. The maximum Gasteiger partial charge on any atom is 0.338 e. The number of esters is 1. The number of carbonyl (C=O) groups excluding carboxylic acids is 2. The molecular weight excluding hydrogens is 314 g/mol. The number of carbonyl (C=O) groups is 2. The number of amides is 1. The molecule has 120 valence electrons. The number of halogens is 1. The van der Waals surface area contributed by atoms with E-state index in [0.717, 1.165) is 12.0 Å². The molecule has 0 fully saturated rings. The monoisotopic (exact) mass is 331 g/mol. The van der Waals surface area contributed by atoms with Crippen molar-refractivity contribution in [1.82, 2.24) is 5.32 Å². The van der Waals surface area contributed by atoms with Crippen molar-refractivity contribution in [1.29, 1.82) is 0 Å². The van der Waals surface area contributed by atoms with Crippen molar-refractivity contribution < 1.29 is 14.3 Å². The molecule has 0 atom stereocenters. The van der Waals surface area contributed by atoms with Crippen LogP contribution in [0.15, 0.2) is 48.5 Å². The van der Waals surface area contributed by atoms with E-state index in [1.807, 2.05) is 24.3 Å². The molecule has 0 aliphatic heterocycles. The second-order valence-corrected chi connectivity index (χ2v) is 5.47. The lowest BCUT2D eigenvalue weighted by Gasteiger charge is -2.07. The van der Waals surface area contributed by atoms with Crippen LogP contribution in [-0.4, -0.2) is 18.5 Å². The van der Waals surface area contributed by atoms with E-state index in [4.69, 9.17) is 16.3 Å². The van der Waals surface area contributed by atoms with Crippen molar-refractivity contribution in [2.24, 2.45) is 0 Å². The molecule has 5 heteroatoms. The normalized spacial score (nSPS) is 10.2. The van der Waals surface area contributed by atoms with Crippen LogP contribution in [0.5, 0.6) is 0 Å². The highest BCUT2D eigenvalue weighted by atomic mass is 35.5. The number of aryl methyl sites for hydroxylation is 1. The first kappa shape index (κ1) is 17.0. The van der Waals surface area contributed by atoms with Crippen molar-refractivity contribution in [3.63, 3.8) is 0 Å². The average Bonchev–Trinajstić information content (AvgIpc) is 2.58. The maximum absolute atomic E-state index is 11.8. The summed E-state index contributed by atoms with van der Waals surface area (Å²) in [5, 5.41) is 3.16. The van der Waals surface area contributed by atoms with Gasteiger partial charge in [-0.3, -0.25) is 4.79 Å². The first-order valence-electron chi connectivity index (χ1n) is 7.35. The van der Waals surface area contributed by atoms with E-state index in [0.29, 0.717) is 17.1 Å².